The number of aryl methyl sites for hydroxylation is 3. The Hall–Kier alpha value is -2.07. The third-order valence-electron chi connectivity index (χ3n) is 3.64. The van der Waals surface area contributed by atoms with Gasteiger partial charge >= 0.3 is 0 Å². The van der Waals surface area contributed by atoms with Crippen LogP contribution in [0.15, 0.2) is 52.2 Å². The fourth-order valence-electron chi connectivity index (χ4n) is 2.55. The fraction of sp³-hybridized carbons (Fsp3) is 0.222. The van der Waals surface area contributed by atoms with Crippen LogP contribution in [0.5, 0.6) is 0 Å². The van der Waals surface area contributed by atoms with Crippen molar-refractivity contribution in [2.24, 2.45) is 0 Å². The molecule has 0 bridgehead atoms. The lowest BCUT2D eigenvalue weighted by Gasteiger charge is -2.08. The summed E-state index contributed by atoms with van der Waals surface area (Å²) in [7, 11) is 0. The van der Waals surface area contributed by atoms with Crippen LogP contribution in [0.2, 0.25) is 0 Å². The Morgan fingerprint density at radius 1 is 1.09 bits per heavy atom. The number of pyridine rings is 1. The second-order valence-electron chi connectivity index (χ2n) is 5.50. The zero-order valence-electron chi connectivity index (χ0n) is 13.0. The van der Waals surface area contributed by atoms with E-state index in [1.165, 1.54) is 16.0 Å². The molecule has 0 saturated heterocycles. The highest BCUT2D eigenvalue weighted by molar-refractivity contribution is 7.98. The van der Waals surface area contributed by atoms with Crippen LogP contribution in [-0.4, -0.2) is 9.38 Å². The van der Waals surface area contributed by atoms with Crippen LogP contribution in [0.25, 0.3) is 5.65 Å². The van der Waals surface area contributed by atoms with Crippen LogP contribution < -0.4 is 5.56 Å². The molecule has 3 rings (SSSR count). The van der Waals surface area contributed by atoms with Crippen LogP contribution in [0, 0.1) is 20.8 Å². The topological polar surface area (TPSA) is 34.4 Å². The van der Waals surface area contributed by atoms with Crippen LogP contribution >= 0.6 is 11.8 Å². The van der Waals surface area contributed by atoms with Gasteiger partial charge in [-0.15, -0.1) is 11.8 Å². The summed E-state index contributed by atoms with van der Waals surface area (Å²) in [5.74, 6) is 0.698. The largest absolute Gasteiger partial charge is 0.269 e. The molecule has 0 amide bonds. The number of fused-ring (bicyclic) bond motifs is 1. The Labute approximate surface area is 134 Å². The van der Waals surface area contributed by atoms with E-state index in [0.29, 0.717) is 11.4 Å². The van der Waals surface area contributed by atoms with Gasteiger partial charge in [-0.1, -0.05) is 23.8 Å². The summed E-state index contributed by atoms with van der Waals surface area (Å²) in [5.41, 5.74) is 4.95. The van der Waals surface area contributed by atoms with Crippen LogP contribution in [0.4, 0.5) is 0 Å². The second kappa shape index (κ2) is 5.97. The first kappa shape index (κ1) is 14.9. The van der Waals surface area contributed by atoms with Gasteiger partial charge in [-0.25, -0.2) is 4.98 Å². The Kier molecular flexibility index (Phi) is 4.03. The molecule has 0 aliphatic carbocycles. The van der Waals surface area contributed by atoms with Gasteiger partial charge < -0.3 is 0 Å². The molecule has 0 N–H and O–H groups in total. The standard InChI is InChI=1S/C18H18N2OS/c1-12-7-8-16(13(2)9-12)22-11-15-10-18(21)20-14(3)5-4-6-17(20)19-15/h4-10H,11H2,1-3H3. The minimum atomic E-state index is -0.0145. The lowest BCUT2D eigenvalue weighted by Crippen LogP contribution is -2.17. The van der Waals surface area contributed by atoms with E-state index in [-0.39, 0.29) is 5.56 Å². The predicted molar refractivity (Wildman–Crippen MR) is 91.7 cm³/mol. The zero-order valence-corrected chi connectivity index (χ0v) is 13.8. The van der Waals surface area contributed by atoms with Crippen molar-refractivity contribution < 1.29 is 0 Å². The molecule has 2 heterocycles. The number of nitrogens with zero attached hydrogens (tertiary/aromatic N) is 2. The molecule has 0 atom stereocenters. The van der Waals surface area contributed by atoms with Crippen LogP contribution in [0.3, 0.4) is 0 Å². The smallest absolute Gasteiger partial charge is 0.258 e. The fourth-order valence-corrected chi connectivity index (χ4v) is 3.45. The zero-order chi connectivity index (χ0) is 15.7. The quantitative estimate of drug-likeness (QED) is 0.688. The Morgan fingerprint density at radius 3 is 2.68 bits per heavy atom. The molecule has 0 unspecified atom stereocenters. The van der Waals surface area contributed by atoms with Crippen molar-refractivity contribution in [1.82, 2.24) is 9.38 Å². The number of hydrogen-bond donors (Lipinski definition) is 0. The predicted octanol–water partition coefficient (Wildman–Crippen LogP) is 3.91. The highest BCUT2D eigenvalue weighted by atomic mass is 32.2. The first-order chi connectivity index (χ1) is 10.5. The van der Waals surface area contributed by atoms with Gasteiger partial charge in [0.05, 0.1) is 5.69 Å². The molecule has 0 aliphatic heterocycles. The summed E-state index contributed by atoms with van der Waals surface area (Å²) >= 11 is 1.72. The molecule has 0 fully saturated rings. The molecule has 22 heavy (non-hydrogen) atoms. The van der Waals surface area contributed by atoms with Crippen molar-refractivity contribution in [2.75, 3.05) is 0 Å². The number of thioether (sulfide) groups is 1. The van der Waals surface area contributed by atoms with Gasteiger partial charge in [0, 0.05) is 22.4 Å². The molecular formula is C18H18N2OS. The Morgan fingerprint density at radius 2 is 1.91 bits per heavy atom. The van der Waals surface area contributed by atoms with Crippen LogP contribution in [-0.2, 0) is 5.75 Å². The Balaban J connectivity index is 1.90. The maximum Gasteiger partial charge on any atom is 0.258 e. The third-order valence-corrected chi connectivity index (χ3v) is 4.85. The van der Waals surface area contributed by atoms with E-state index in [0.717, 1.165) is 11.4 Å². The molecular weight excluding hydrogens is 292 g/mol. The van der Waals surface area contributed by atoms with E-state index < -0.39 is 0 Å². The van der Waals surface area contributed by atoms with Crippen molar-refractivity contribution in [2.45, 2.75) is 31.4 Å². The van der Waals surface area contributed by atoms with Crippen molar-refractivity contribution in [3.8, 4) is 0 Å². The maximum absolute atomic E-state index is 12.3. The summed E-state index contributed by atoms with van der Waals surface area (Å²) in [5, 5.41) is 0. The number of hydrogen-bond acceptors (Lipinski definition) is 3. The summed E-state index contributed by atoms with van der Waals surface area (Å²) in [6.45, 7) is 6.12. The second-order valence-corrected chi connectivity index (χ2v) is 6.52. The SMILES string of the molecule is Cc1ccc(SCc2cc(=O)n3c(C)cccc3n2)c(C)c1. The molecule has 3 nitrogen and oxygen atoms in total. The molecule has 2 aromatic heterocycles. The molecule has 112 valence electrons. The summed E-state index contributed by atoms with van der Waals surface area (Å²) in [6, 6.07) is 13.8. The van der Waals surface area contributed by atoms with E-state index in [9.17, 15) is 4.79 Å². The number of rotatable bonds is 3. The number of benzene rings is 1. The molecule has 0 aliphatic rings. The normalized spacial score (nSPS) is 11.0. The minimum absolute atomic E-state index is 0.0145. The molecule has 3 aromatic rings. The first-order valence-corrected chi connectivity index (χ1v) is 8.21. The lowest BCUT2D eigenvalue weighted by atomic mass is 10.2. The van der Waals surface area contributed by atoms with E-state index in [1.54, 1.807) is 22.2 Å². The van der Waals surface area contributed by atoms with E-state index in [2.05, 4.69) is 37.0 Å². The van der Waals surface area contributed by atoms with Crippen LogP contribution in [0.1, 0.15) is 22.5 Å². The molecule has 4 heteroatoms. The number of aromatic nitrogens is 2. The van der Waals surface area contributed by atoms with Gasteiger partial charge in [0.2, 0.25) is 0 Å². The molecule has 0 saturated carbocycles. The van der Waals surface area contributed by atoms with Gasteiger partial charge in [-0.3, -0.25) is 9.20 Å². The van der Waals surface area contributed by atoms with Crippen molar-refractivity contribution >= 4 is 17.4 Å². The van der Waals surface area contributed by atoms with Crippen molar-refractivity contribution in [3.63, 3.8) is 0 Å². The van der Waals surface area contributed by atoms with Gasteiger partial charge in [0.25, 0.3) is 5.56 Å². The van der Waals surface area contributed by atoms with E-state index >= 15 is 0 Å². The minimum Gasteiger partial charge on any atom is -0.269 e. The van der Waals surface area contributed by atoms with Crippen molar-refractivity contribution in [1.29, 1.82) is 0 Å². The summed E-state index contributed by atoms with van der Waals surface area (Å²) in [6.07, 6.45) is 0. The van der Waals surface area contributed by atoms with Gasteiger partial charge in [0.15, 0.2) is 0 Å². The molecule has 0 radical (unpaired) electrons. The average molecular weight is 310 g/mol. The monoisotopic (exact) mass is 310 g/mol. The highest BCUT2D eigenvalue weighted by Gasteiger charge is 2.06. The van der Waals surface area contributed by atoms with Crippen molar-refractivity contribution in [3.05, 3.63) is 75.3 Å². The maximum atomic E-state index is 12.3. The van der Waals surface area contributed by atoms with Gasteiger partial charge in [-0.05, 0) is 44.5 Å². The first-order valence-electron chi connectivity index (χ1n) is 7.23. The van der Waals surface area contributed by atoms with Gasteiger partial charge in [-0.2, -0.15) is 0 Å². The van der Waals surface area contributed by atoms with E-state index in [1.807, 2.05) is 25.1 Å². The summed E-state index contributed by atoms with van der Waals surface area (Å²) in [4.78, 5) is 18.1. The molecule has 0 spiro atoms. The lowest BCUT2D eigenvalue weighted by molar-refractivity contribution is 0.968. The third kappa shape index (κ3) is 2.92. The summed E-state index contributed by atoms with van der Waals surface area (Å²) < 4.78 is 1.64. The highest BCUT2D eigenvalue weighted by Crippen LogP contribution is 2.25. The average Bonchev–Trinajstić information content (AvgIpc) is 2.46. The van der Waals surface area contributed by atoms with Gasteiger partial charge in [0.1, 0.15) is 5.65 Å². The van der Waals surface area contributed by atoms with E-state index in [4.69, 9.17) is 0 Å². The molecule has 1 aromatic carbocycles. The Bertz CT molecular complexity index is 899.